The van der Waals surface area contributed by atoms with Crippen LogP contribution in [0.15, 0.2) is 35.0 Å². The number of halogens is 1. The Hall–Kier alpha value is -2.51. The van der Waals surface area contributed by atoms with E-state index in [0.717, 1.165) is 43.1 Å². The Bertz CT molecular complexity index is 1020. The lowest BCUT2D eigenvalue weighted by Gasteiger charge is -2.35. The van der Waals surface area contributed by atoms with Crippen LogP contribution in [0.4, 0.5) is 0 Å². The first-order valence-electron chi connectivity index (χ1n) is 10.4. The van der Waals surface area contributed by atoms with E-state index in [1.807, 2.05) is 36.1 Å². The van der Waals surface area contributed by atoms with Crippen LogP contribution in [0, 0.1) is 6.92 Å². The molecule has 1 aromatic carbocycles. The number of rotatable bonds is 6. The Labute approximate surface area is 180 Å². The van der Waals surface area contributed by atoms with E-state index in [0.29, 0.717) is 28.5 Å². The number of aromatic nitrogens is 3. The van der Waals surface area contributed by atoms with Gasteiger partial charge in [0, 0.05) is 37.6 Å². The third kappa shape index (κ3) is 3.91. The van der Waals surface area contributed by atoms with Gasteiger partial charge in [-0.1, -0.05) is 18.0 Å². The molecule has 5 rings (SSSR count). The van der Waals surface area contributed by atoms with E-state index in [4.69, 9.17) is 30.5 Å². The van der Waals surface area contributed by atoms with E-state index in [1.165, 1.54) is 19.3 Å². The third-order valence-corrected chi connectivity index (χ3v) is 6.25. The number of hydrogen-bond donors (Lipinski definition) is 0. The summed E-state index contributed by atoms with van der Waals surface area (Å²) in [6, 6.07) is 6.10. The second-order valence-electron chi connectivity index (χ2n) is 7.89. The Morgan fingerprint density at radius 2 is 2.07 bits per heavy atom. The maximum Gasteiger partial charge on any atom is 0.231 e. The molecular weight excluding hydrogens is 404 g/mol. The minimum absolute atomic E-state index is 0.208. The number of ether oxygens (including phenoxy) is 2. The molecule has 0 spiro atoms. The van der Waals surface area contributed by atoms with E-state index in [2.05, 4.69) is 10.00 Å². The summed E-state index contributed by atoms with van der Waals surface area (Å²) in [7, 11) is 0. The van der Waals surface area contributed by atoms with Crippen LogP contribution in [0.3, 0.4) is 0 Å². The molecule has 30 heavy (non-hydrogen) atoms. The number of aryl methyl sites for hydroxylation is 2. The molecule has 2 aliphatic rings. The third-order valence-electron chi connectivity index (χ3n) is 5.94. The Balaban J connectivity index is 1.33. The summed E-state index contributed by atoms with van der Waals surface area (Å²) in [5, 5.41) is 4.88. The average Bonchev–Trinajstić information content (AvgIpc) is 3.48. The number of piperidine rings is 1. The Morgan fingerprint density at radius 3 is 2.90 bits per heavy atom. The first-order chi connectivity index (χ1) is 14.7. The highest BCUT2D eigenvalue weighted by atomic mass is 35.5. The molecule has 0 amide bonds. The van der Waals surface area contributed by atoms with Gasteiger partial charge in [0.1, 0.15) is 5.76 Å². The van der Waals surface area contributed by atoms with Crippen molar-refractivity contribution >= 4 is 11.6 Å². The highest BCUT2D eigenvalue weighted by Gasteiger charge is 2.26. The number of hydrogen-bond acceptors (Lipinski definition) is 6. The maximum absolute atomic E-state index is 6.45. The summed E-state index contributed by atoms with van der Waals surface area (Å²) < 4.78 is 18.9. The molecule has 1 unspecified atom stereocenters. The monoisotopic (exact) mass is 428 g/mol. The van der Waals surface area contributed by atoms with Gasteiger partial charge in [-0.15, -0.1) is 0 Å². The fourth-order valence-corrected chi connectivity index (χ4v) is 4.51. The first-order valence-corrected chi connectivity index (χ1v) is 10.8. The number of fused-ring (bicyclic) bond motifs is 1. The van der Waals surface area contributed by atoms with Crippen LogP contribution in [0.1, 0.15) is 37.1 Å². The number of oxazole rings is 1. The highest BCUT2D eigenvalue weighted by Crippen LogP contribution is 2.41. The van der Waals surface area contributed by atoms with Gasteiger partial charge in [0.25, 0.3) is 0 Å². The molecule has 1 atom stereocenters. The zero-order valence-corrected chi connectivity index (χ0v) is 17.8. The lowest BCUT2D eigenvalue weighted by molar-refractivity contribution is 0.125. The van der Waals surface area contributed by atoms with Gasteiger partial charge in [-0.05, 0) is 44.9 Å². The van der Waals surface area contributed by atoms with Crippen LogP contribution in [-0.2, 0) is 13.1 Å². The van der Waals surface area contributed by atoms with E-state index >= 15 is 0 Å². The van der Waals surface area contributed by atoms with Gasteiger partial charge >= 0.3 is 0 Å². The molecule has 0 bridgehead atoms. The minimum Gasteiger partial charge on any atom is -0.454 e. The second kappa shape index (κ2) is 8.32. The smallest absolute Gasteiger partial charge is 0.231 e. The van der Waals surface area contributed by atoms with Crippen LogP contribution in [-0.4, -0.2) is 39.0 Å². The van der Waals surface area contributed by atoms with Crippen molar-refractivity contribution in [1.29, 1.82) is 0 Å². The molecule has 1 saturated heterocycles. The molecule has 2 aliphatic heterocycles. The molecule has 2 aromatic heterocycles. The molecule has 7 nitrogen and oxygen atoms in total. The summed E-state index contributed by atoms with van der Waals surface area (Å²) in [6.07, 6.45) is 8.64. The highest BCUT2D eigenvalue weighted by molar-refractivity contribution is 6.33. The quantitative estimate of drug-likeness (QED) is 0.568. The molecule has 0 saturated carbocycles. The number of nitrogens with zero attached hydrogens (tertiary/aromatic N) is 4. The normalized spacial score (nSPS) is 18.8. The second-order valence-corrected chi connectivity index (χ2v) is 8.29. The summed E-state index contributed by atoms with van der Waals surface area (Å²) in [5.74, 6) is 2.67. The van der Waals surface area contributed by atoms with Gasteiger partial charge < -0.3 is 13.9 Å². The predicted molar refractivity (Wildman–Crippen MR) is 113 cm³/mol. The van der Waals surface area contributed by atoms with E-state index in [9.17, 15) is 0 Å². The van der Waals surface area contributed by atoms with Gasteiger partial charge in [-0.2, -0.15) is 5.10 Å². The van der Waals surface area contributed by atoms with Gasteiger partial charge in [0.05, 0.1) is 16.3 Å². The zero-order chi connectivity index (χ0) is 20.5. The number of benzene rings is 1. The summed E-state index contributed by atoms with van der Waals surface area (Å²) in [6.45, 7) is 4.97. The van der Waals surface area contributed by atoms with Crippen LogP contribution in [0.25, 0.3) is 11.5 Å². The lowest BCUT2D eigenvalue weighted by Crippen LogP contribution is -2.39. The van der Waals surface area contributed by atoms with Gasteiger partial charge in [-0.25, -0.2) is 4.98 Å². The van der Waals surface area contributed by atoms with Crippen molar-refractivity contribution in [2.45, 2.75) is 51.7 Å². The maximum atomic E-state index is 6.45. The van der Waals surface area contributed by atoms with E-state index < -0.39 is 0 Å². The van der Waals surface area contributed by atoms with Crippen molar-refractivity contribution in [1.82, 2.24) is 19.7 Å². The van der Waals surface area contributed by atoms with Gasteiger partial charge in [0.15, 0.2) is 11.5 Å². The van der Waals surface area contributed by atoms with Gasteiger partial charge in [0.2, 0.25) is 12.7 Å². The van der Waals surface area contributed by atoms with Crippen molar-refractivity contribution in [2.75, 3.05) is 13.3 Å². The summed E-state index contributed by atoms with van der Waals surface area (Å²) in [4.78, 5) is 7.33. The molecule has 1 fully saturated rings. The SMILES string of the molecule is Cc1oc(-c2cc3c(cc2Cl)OCO3)nc1CN1CCCCC1CCn1cccn1. The largest absolute Gasteiger partial charge is 0.454 e. The Kier molecular flexibility index (Phi) is 5.39. The Morgan fingerprint density at radius 1 is 1.20 bits per heavy atom. The number of likely N-dealkylation sites (tertiary alicyclic amines) is 1. The lowest BCUT2D eigenvalue weighted by atomic mass is 9.99. The predicted octanol–water partition coefficient (Wildman–Crippen LogP) is 4.67. The molecular formula is C22H25ClN4O3. The molecule has 0 N–H and O–H groups in total. The van der Waals surface area contributed by atoms with E-state index in [-0.39, 0.29) is 6.79 Å². The first kappa shape index (κ1) is 19.5. The minimum atomic E-state index is 0.208. The van der Waals surface area contributed by atoms with Crippen molar-refractivity contribution < 1.29 is 13.9 Å². The van der Waals surface area contributed by atoms with Crippen molar-refractivity contribution in [3.05, 3.63) is 47.1 Å². The average molecular weight is 429 g/mol. The van der Waals surface area contributed by atoms with Crippen molar-refractivity contribution in [2.24, 2.45) is 0 Å². The standard InChI is InChI=1S/C22H25ClN4O3/c1-15-19(13-26-8-3-2-5-16(26)6-10-27-9-4-7-24-27)25-22(30-15)17-11-20-21(12-18(17)23)29-14-28-20/h4,7,9,11-12,16H,2-3,5-6,8,10,13-14H2,1H3. The topological polar surface area (TPSA) is 65.6 Å². The van der Waals surface area contributed by atoms with Crippen LogP contribution >= 0.6 is 11.6 Å². The molecule has 158 valence electrons. The fourth-order valence-electron chi connectivity index (χ4n) is 4.27. The van der Waals surface area contributed by atoms with Crippen LogP contribution in [0.5, 0.6) is 11.5 Å². The molecule has 0 aliphatic carbocycles. The van der Waals surface area contributed by atoms with Crippen LogP contribution < -0.4 is 9.47 Å². The van der Waals surface area contributed by atoms with Gasteiger partial charge in [-0.3, -0.25) is 9.58 Å². The van der Waals surface area contributed by atoms with Crippen molar-refractivity contribution in [3.8, 4) is 23.0 Å². The van der Waals surface area contributed by atoms with Crippen molar-refractivity contribution in [3.63, 3.8) is 0 Å². The summed E-state index contributed by atoms with van der Waals surface area (Å²) >= 11 is 6.45. The molecule has 0 radical (unpaired) electrons. The van der Waals surface area contributed by atoms with Crippen LogP contribution in [0.2, 0.25) is 5.02 Å². The molecule has 8 heteroatoms. The molecule has 3 aromatic rings. The summed E-state index contributed by atoms with van der Waals surface area (Å²) in [5.41, 5.74) is 1.69. The molecule has 4 heterocycles. The van der Waals surface area contributed by atoms with E-state index in [1.54, 1.807) is 6.07 Å². The fraction of sp³-hybridized carbons (Fsp3) is 0.455. The zero-order valence-electron chi connectivity index (χ0n) is 17.0.